The highest BCUT2D eigenvalue weighted by molar-refractivity contribution is 5.88. The van der Waals surface area contributed by atoms with E-state index >= 15 is 0 Å². The van der Waals surface area contributed by atoms with E-state index in [9.17, 15) is 14.4 Å². The molecule has 20 heavy (non-hydrogen) atoms. The van der Waals surface area contributed by atoms with Gasteiger partial charge in [-0.25, -0.2) is 4.79 Å². The van der Waals surface area contributed by atoms with Crippen molar-refractivity contribution in [2.45, 2.75) is 18.4 Å². The molecule has 0 aliphatic carbocycles. The first-order valence-corrected chi connectivity index (χ1v) is 3.74. The van der Waals surface area contributed by atoms with E-state index in [0.717, 1.165) is 0 Å². The van der Waals surface area contributed by atoms with Gasteiger partial charge in [0.15, 0.2) is 5.60 Å². The maximum atomic E-state index is 10.3. The fourth-order valence-electron chi connectivity index (χ4n) is 0.714. The minimum absolute atomic E-state index is 0. The van der Waals surface area contributed by atoms with Crippen LogP contribution < -0.4 is 18.5 Å². The predicted octanol–water partition coefficient (Wildman–Crippen LogP) is -1.11. The lowest BCUT2D eigenvalue weighted by atomic mass is 9.96. The van der Waals surface area contributed by atoms with E-state index in [1.165, 1.54) is 0 Å². The van der Waals surface area contributed by atoms with Gasteiger partial charge in [-0.1, -0.05) is 0 Å². The lowest BCUT2D eigenvalue weighted by Gasteiger charge is -2.18. The summed E-state index contributed by atoms with van der Waals surface area (Å²) in [4.78, 5) is 38.8. The van der Waals surface area contributed by atoms with Crippen molar-refractivity contribution in [2.75, 3.05) is 0 Å². The molecule has 0 aromatic heterocycles. The van der Waals surface area contributed by atoms with Crippen LogP contribution in [0.3, 0.4) is 0 Å². The fourth-order valence-corrected chi connectivity index (χ4v) is 0.714. The third-order valence-corrected chi connectivity index (χ3v) is 1.29. The number of hydrogen-bond donors (Lipinski definition) is 8. The van der Waals surface area contributed by atoms with Crippen molar-refractivity contribution in [3.8, 4) is 0 Å². The standard InChI is InChI=1S/C6H8O7.HNO3.3H3N/c7-3(8)1-6(13,5(11)12)2-4(9)10;2-1(3)4;;;/h13H,1-2H2,(H,7,8)(H,9,10)(H,11,12);(H,2,3,4);3*1H3. The molecule has 0 radical (unpaired) electrons. The zero-order chi connectivity index (χ0) is 14.2. The van der Waals surface area contributed by atoms with Gasteiger partial charge in [0.05, 0.1) is 12.8 Å². The zero-order valence-electron chi connectivity index (χ0n) is 10.3. The number of aliphatic carboxylic acids is 3. The molecule has 14 nitrogen and oxygen atoms in total. The summed E-state index contributed by atoms with van der Waals surface area (Å²) in [6, 6.07) is 0. The number of aliphatic hydroxyl groups is 1. The van der Waals surface area contributed by atoms with E-state index < -0.39 is 41.4 Å². The largest absolute Gasteiger partial charge is 0.481 e. The van der Waals surface area contributed by atoms with E-state index in [0.29, 0.717) is 0 Å². The molecule has 0 heterocycles. The van der Waals surface area contributed by atoms with Crippen molar-refractivity contribution in [2.24, 2.45) is 0 Å². The number of carboxylic acids is 3. The van der Waals surface area contributed by atoms with Crippen LogP contribution in [0.2, 0.25) is 0 Å². The molecule has 0 aliphatic heterocycles. The Kier molecular flexibility index (Phi) is 19.6. The van der Waals surface area contributed by atoms with Gasteiger partial charge in [0.2, 0.25) is 0 Å². The Morgan fingerprint density at radius 2 is 1.15 bits per heavy atom. The summed E-state index contributed by atoms with van der Waals surface area (Å²) in [5.41, 5.74) is -2.74. The Balaban J connectivity index is -0.0000000951. The van der Waals surface area contributed by atoms with E-state index in [4.69, 9.17) is 35.7 Å². The number of rotatable bonds is 5. The van der Waals surface area contributed by atoms with Crippen LogP contribution in [-0.4, -0.2) is 54.2 Å². The summed E-state index contributed by atoms with van der Waals surface area (Å²) in [5.74, 6) is -5.02. The quantitative estimate of drug-likeness (QED) is 0.221. The third-order valence-electron chi connectivity index (χ3n) is 1.29. The molecule has 0 amide bonds. The first-order valence-electron chi connectivity index (χ1n) is 3.74. The van der Waals surface area contributed by atoms with E-state index in [-0.39, 0.29) is 18.5 Å². The van der Waals surface area contributed by atoms with Gasteiger partial charge in [-0.05, 0) is 0 Å². The first-order chi connectivity index (χ1) is 7.51. The lowest BCUT2D eigenvalue weighted by Crippen LogP contribution is -2.42. The molecule has 0 rings (SSSR count). The van der Waals surface area contributed by atoms with Gasteiger partial charge in [-0.15, -0.1) is 10.1 Å². The summed E-state index contributed by atoms with van der Waals surface area (Å²) in [6.07, 6.45) is -2.29. The fraction of sp³-hybridized carbons (Fsp3) is 0.500. The molecule has 0 spiro atoms. The van der Waals surface area contributed by atoms with Crippen molar-refractivity contribution in [1.82, 2.24) is 18.5 Å². The average molecular weight is 306 g/mol. The molecule has 122 valence electrons. The van der Waals surface area contributed by atoms with Gasteiger partial charge in [0.25, 0.3) is 5.09 Å². The highest BCUT2D eigenvalue weighted by atomic mass is 16.9. The maximum Gasteiger partial charge on any atom is 0.336 e. The maximum absolute atomic E-state index is 10.3. The second kappa shape index (κ2) is 12.9. The Hall–Kier alpha value is -2.55. The van der Waals surface area contributed by atoms with Gasteiger partial charge in [0, 0.05) is 0 Å². The van der Waals surface area contributed by atoms with Crippen molar-refractivity contribution in [3.63, 3.8) is 0 Å². The summed E-state index contributed by atoms with van der Waals surface area (Å²) in [7, 11) is 0. The summed E-state index contributed by atoms with van der Waals surface area (Å²) < 4.78 is 0. The minimum Gasteiger partial charge on any atom is -0.481 e. The van der Waals surface area contributed by atoms with Gasteiger partial charge in [-0.2, -0.15) is 0 Å². The van der Waals surface area contributed by atoms with Crippen LogP contribution in [0.15, 0.2) is 0 Å². The molecular weight excluding hydrogens is 288 g/mol. The summed E-state index contributed by atoms with van der Waals surface area (Å²) in [6.45, 7) is 0. The molecule has 0 saturated carbocycles. The van der Waals surface area contributed by atoms with Gasteiger partial charge < -0.3 is 44.1 Å². The van der Waals surface area contributed by atoms with Crippen LogP contribution in [0.25, 0.3) is 0 Å². The molecule has 0 bridgehead atoms. The Morgan fingerprint density at radius 3 is 1.25 bits per heavy atom. The molecule has 0 atom stereocenters. The molecule has 0 unspecified atom stereocenters. The SMILES string of the molecule is N.N.N.O=C(O)CC(O)(CC(=O)O)C(=O)O.O=[N+]([O-])O. The Bertz CT molecular complexity index is 312. The molecule has 0 aromatic carbocycles. The van der Waals surface area contributed by atoms with E-state index in [1.54, 1.807) is 0 Å². The monoisotopic (exact) mass is 306 g/mol. The highest BCUT2D eigenvalue weighted by Crippen LogP contribution is 2.15. The second-order valence-corrected chi connectivity index (χ2v) is 2.72. The van der Waals surface area contributed by atoms with Crippen LogP contribution in [0.5, 0.6) is 0 Å². The predicted molar refractivity (Wildman–Crippen MR) is 60.9 cm³/mol. The molecule has 0 saturated heterocycles. The number of carbonyl (C=O) groups is 3. The van der Waals surface area contributed by atoms with Crippen molar-refractivity contribution >= 4 is 17.9 Å². The normalized spacial score (nSPS) is 8.25. The van der Waals surface area contributed by atoms with Gasteiger partial charge in [0.1, 0.15) is 0 Å². The van der Waals surface area contributed by atoms with E-state index in [2.05, 4.69) is 0 Å². The molecule has 14 N–H and O–H groups in total. The lowest BCUT2D eigenvalue weighted by molar-refractivity contribution is -0.742. The van der Waals surface area contributed by atoms with Crippen LogP contribution in [0, 0.1) is 10.1 Å². The van der Waals surface area contributed by atoms with Crippen LogP contribution in [0.4, 0.5) is 0 Å². The number of carboxylic acid groups (broad SMARTS) is 3. The van der Waals surface area contributed by atoms with Crippen molar-refractivity contribution < 1.29 is 45.1 Å². The molecule has 0 aromatic rings. The molecule has 0 fully saturated rings. The van der Waals surface area contributed by atoms with E-state index in [1.807, 2.05) is 0 Å². The molecular formula is C6H18N4O10. The smallest absolute Gasteiger partial charge is 0.336 e. The average Bonchev–Trinajstić information content (AvgIpc) is 1.98. The highest BCUT2D eigenvalue weighted by Gasteiger charge is 2.40. The number of hydrogen-bond acceptors (Lipinski definition) is 9. The van der Waals surface area contributed by atoms with Crippen LogP contribution >= 0.6 is 0 Å². The van der Waals surface area contributed by atoms with Crippen LogP contribution in [0.1, 0.15) is 12.8 Å². The van der Waals surface area contributed by atoms with Crippen LogP contribution in [-0.2, 0) is 14.4 Å². The van der Waals surface area contributed by atoms with Gasteiger partial charge >= 0.3 is 17.9 Å². The van der Waals surface area contributed by atoms with Crippen molar-refractivity contribution in [1.29, 1.82) is 0 Å². The molecule has 0 aliphatic rings. The summed E-state index contributed by atoms with van der Waals surface area (Å²) >= 11 is 0. The third kappa shape index (κ3) is 17.8. The van der Waals surface area contributed by atoms with Crippen molar-refractivity contribution in [3.05, 3.63) is 10.1 Å². The minimum atomic E-state index is -2.74. The second-order valence-electron chi connectivity index (χ2n) is 2.72. The molecule has 14 heteroatoms. The topological polar surface area (TPSA) is 300 Å². The number of nitrogens with zero attached hydrogens (tertiary/aromatic N) is 1. The zero-order valence-corrected chi connectivity index (χ0v) is 10.3. The van der Waals surface area contributed by atoms with Gasteiger partial charge in [-0.3, -0.25) is 9.59 Å². The first kappa shape index (κ1) is 30.5. The Morgan fingerprint density at radius 1 is 0.950 bits per heavy atom. The Labute approximate surface area is 111 Å². The summed E-state index contributed by atoms with van der Waals surface area (Å²) in [5, 5.41) is 47.4.